The number of ether oxygens (including phenoxy) is 1. The second kappa shape index (κ2) is 6.96. The summed E-state index contributed by atoms with van der Waals surface area (Å²) in [7, 11) is 0. The zero-order valence-corrected chi connectivity index (χ0v) is 11.4. The van der Waals surface area contributed by atoms with Crippen LogP contribution in [0.5, 0.6) is 0 Å². The van der Waals surface area contributed by atoms with Crippen molar-refractivity contribution in [1.82, 2.24) is 0 Å². The number of ketones is 1. The summed E-state index contributed by atoms with van der Waals surface area (Å²) in [6.07, 6.45) is 2.27. The molecule has 108 valence electrons. The summed E-state index contributed by atoms with van der Waals surface area (Å²) in [5.74, 6) is -1.61. The Bertz CT molecular complexity index is 507. The van der Waals surface area contributed by atoms with Gasteiger partial charge in [-0.05, 0) is 37.6 Å². The lowest BCUT2D eigenvalue weighted by atomic mass is 9.96. The van der Waals surface area contributed by atoms with Crippen LogP contribution in [-0.4, -0.2) is 29.1 Å². The molecule has 0 aliphatic carbocycles. The Labute approximate surface area is 116 Å². The highest BCUT2D eigenvalue weighted by Crippen LogP contribution is 2.18. The number of carbonyl (C=O) groups is 2. The van der Waals surface area contributed by atoms with Crippen molar-refractivity contribution in [3.63, 3.8) is 0 Å². The fourth-order valence-electron chi connectivity index (χ4n) is 1.64. The molecule has 0 aromatic heterocycles. The minimum Gasteiger partial charge on any atom is -0.464 e. The highest BCUT2D eigenvalue weighted by Gasteiger charge is 2.36. The molecule has 0 spiro atoms. The van der Waals surface area contributed by atoms with Gasteiger partial charge in [0.2, 0.25) is 0 Å². The van der Waals surface area contributed by atoms with Crippen LogP contribution in [0.25, 0.3) is 6.08 Å². The van der Waals surface area contributed by atoms with Gasteiger partial charge in [-0.15, -0.1) is 0 Å². The van der Waals surface area contributed by atoms with Gasteiger partial charge in [0.05, 0.1) is 6.61 Å². The predicted molar refractivity (Wildman–Crippen MR) is 72.3 cm³/mol. The van der Waals surface area contributed by atoms with Crippen molar-refractivity contribution >= 4 is 17.8 Å². The Balaban J connectivity index is 2.96. The molecule has 1 rings (SSSR count). The largest absolute Gasteiger partial charge is 0.464 e. The summed E-state index contributed by atoms with van der Waals surface area (Å²) < 4.78 is 17.5. The molecule has 1 aromatic carbocycles. The van der Waals surface area contributed by atoms with E-state index in [2.05, 4.69) is 0 Å². The molecular weight excluding hydrogens is 263 g/mol. The molecule has 0 unspecified atom stereocenters. The van der Waals surface area contributed by atoms with E-state index in [0.29, 0.717) is 5.56 Å². The number of benzene rings is 1. The summed E-state index contributed by atoms with van der Waals surface area (Å²) in [6.45, 7) is 2.98. The summed E-state index contributed by atoms with van der Waals surface area (Å²) in [5.41, 5.74) is -1.41. The molecule has 0 saturated heterocycles. The quantitative estimate of drug-likeness (QED) is 0.811. The number of aliphatic hydroxyl groups is 1. The van der Waals surface area contributed by atoms with Crippen molar-refractivity contribution < 1.29 is 23.8 Å². The number of hydrogen-bond donors (Lipinski definition) is 1. The highest BCUT2D eigenvalue weighted by atomic mass is 19.1. The number of carbonyl (C=O) groups excluding carboxylic acids is 2. The van der Waals surface area contributed by atoms with Crippen LogP contribution in [0.3, 0.4) is 0 Å². The molecule has 1 aromatic rings. The molecule has 0 aliphatic heterocycles. The average molecular weight is 280 g/mol. The predicted octanol–water partition coefficient (Wildman–Crippen LogP) is 2.11. The molecule has 0 bridgehead atoms. The first kappa shape index (κ1) is 16.0. The average Bonchev–Trinajstić information content (AvgIpc) is 2.37. The zero-order chi connectivity index (χ0) is 15.2. The summed E-state index contributed by atoms with van der Waals surface area (Å²) in [4.78, 5) is 22.9. The van der Waals surface area contributed by atoms with Gasteiger partial charge in [-0.1, -0.05) is 18.2 Å². The van der Waals surface area contributed by atoms with Gasteiger partial charge in [0, 0.05) is 6.42 Å². The Hall–Kier alpha value is -2.01. The number of hydrogen-bond acceptors (Lipinski definition) is 4. The van der Waals surface area contributed by atoms with Crippen molar-refractivity contribution in [2.24, 2.45) is 0 Å². The van der Waals surface area contributed by atoms with Gasteiger partial charge in [-0.25, -0.2) is 9.18 Å². The van der Waals surface area contributed by atoms with E-state index >= 15 is 0 Å². The maximum atomic E-state index is 12.8. The van der Waals surface area contributed by atoms with Gasteiger partial charge in [-0.3, -0.25) is 4.79 Å². The molecule has 0 amide bonds. The molecule has 1 N–H and O–H groups in total. The lowest BCUT2D eigenvalue weighted by Gasteiger charge is -2.20. The fourth-order valence-corrected chi connectivity index (χ4v) is 1.64. The Morgan fingerprint density at radius 1 is 1.35 bits per heavy atom. The van der Waals surface area contributed by atoms with Crippen LogP contribution in [0, 0.1) is 5.82 Å². The monoisotopic (exact) mass is 280 g/mol. The van der Waals surface area contributed by atoms with E-state index in [1.807, 2.05) is 0 Å². The molecule has 4 nitrogen and oxygen atoms in total. The van der Waals surface area contributed by atoms with Crippen molar-refractivity contribution in [2.45, 2.75) is 25.9 Å². The topological polar surface area (TPSA) is 63.6 Å². The third-order valence-electron chi connectivity index (χ3n) is 2.57. The Kier molecular flexibility index (Phi) is 5.58. The molecule has 0 fully saturated rings. The van der Waals surface area contributed by atoms with Gasteiger partial charge in [0.25, 0.3) is 0 Å². The number of rotatable bonds is 6. The molecule has 0 saturated carbocycles. The molecule has 0 aliphatic rings. The van der Waals surface area contributed by atoms with E-state index in [1.165, 1.54) is 43.3 Å². The summed E-state index contributed by atoms with van der Waals surface area (Å²) in [6, 6.07) is 5.50. The Morgan fingerprint density at radius 2 is 1.95 bits per heavy atom. The van der Waals surface area contributed by atoms with E-state index in [9.17, 15) is 19.1 Å². The first-order valence-electron chi connectivity index (χ1n) is 6.21. The van der Waals surface area contributed by atoms with E-state index in [1.54, 1.807) is 6.92 Å². The van der Waals surface area contributed by atoms with Crippen molar-refractivity contribution in [3.05, 3.63) is 41.7 Å². The van der Waals surface area contributed by atoms with Crippen molar-refractivity contribution in [2.75, 3.05) is 6.61 Å². The van der Waals surface area contributed by atoms with E-state index in [4.69, 9.17) is 4.74 Å². The third-order valence-corrected chi connectivity index (χ3v) is 2.57. The third kappa shape index (κ3) is 4.59. The maximum Gasteiger partial charge on any atom is 0.342 e. The normalized spacial score (nSPS) is 14.0. The van der Waals surface area contributed by atoms with E-state index in [-0.39, 0.29) is 24.6 Å². The van der Waals surface area contributed by atoms with Crippen LogP contribution in [0.15, 0.2) is 30.3 Å². The zero-order valence-electron chi connectivity index (χ0n) is 11.4. The van der Waals surface area contributed by atoms with Gasteiger partial charge in [-0.2, -0.15) is 0 Å². The van der Waals surface area contributed by atoms with Gasteiger partial charge < -0.3 is 9.84 Å². The van der Waals surface area contributed by atoms with Gasteiger partial charge in [0.1, 0.15) is 11.6 Å². The first-order chi connectivity index (χ1) is 9.37. The Morgan fingerprint density at radius 3 is 2.45 bits per heavy atom. The van der Waals surface area contributed by atoms with Crippen molar-refractivity contribution in [3.8, 4) is 0 Å². The highest BCUT2D eigenvalue weighted by molar-refractivity contribution is 5.90. The van der Waals surface area contributed by atoms with Gasteiger partial charge >= 0.3 is 5.97 Å². The SMILES string of the molecule is CCOC(=O)[C@@](O)(/C=C/c1ccc(F)cc1)CC(C)=O. The first-order valence-corrected chi connectivity index (χ1v) is 6.21. The minimum absolute atomic E-state index is 0.101. The summed E-state index contributed by atoms with van der Waals surface area (Å²) >= 11 is 0. The maximum absolute atomic E-state index is 12.8. The second-order valence-electron chi connectivity index (χ2n) is 4.41. The molecule has 20 heavy (non-hydrogen) atoms. The van der Waals surface area contributed by atoms with Crippen molar-refractivity contribution in [1.29, 1.82) is 0 Å². The van der Waals surface area contributed by atoms with Crippen LogP contribution >= 0.6 is 0 Å². The molecule has 0 heterocycles. The van der Waals surface area contributed by atoms with E-state index in [0.717, 1.165) is 0 Å². The van der Waals surface area contributed by atoms with Crippen LogP contribution in [0.4, 0.5) is 4.39 Å². The molecule has 1 atom stereocenters. The van der Waals surface area contributed by atoms with E-state index < -0.39 is 11.6 Å². The second-order valence-corrected chi connectivity index (χ2v) is 4.41. The standard InChI is InChI=1S/C15H17FO4/c1-3-20-14(18)15(19,10-11(2)17)9-8-12-4-6-13(16)7-5-12/h4-9,19H,3,10H2,1-2H3/b9-8+/t15-/m1/s1. The molecular formula is C15H17FO4. The van der Waals surface area contributed by atoms with Crippen LogP contribution < -0.4 is 0 Å². The minimum atomic E-state index is -2.00. The lowest BCUT2D eigenvalue weighted by molar-refractivity contribution is -0.161. The van der Waals surface area contributed by atoms with Crippen LogP contribution in [-0.2, 0) is 14.3 Å². The molecule has 5 heteroatoms. The number of halogens is 1. The summed E-state index contributed by atoms with van der Waals surface area (Å²) in [5, 5.41) is 10.2. The number of Topliss-reactive ketones (excluding diaryl/α,β-unsaturated/α-hetero) is 1. The molecule has 0 radical (unpaired) electrons. The smallest absolute Gasteiger partial charge is 0.342 e. The van der Waals surface area contributed by atoms with Crippen LogP contribution in [0.2, 0.25) is 0 Å². The fraction of sp³-hybridized carbons (Fsp3) is 0.333. The lowest BCUT2D eigenvalue weighted by Crippen LogP contribution is -2.39. The number of esters is 1. The van der Waals surface area contributed by atoms with Crippen LogP contribution in [0.1, 0.15) is 25.8 Å². The van der Waals surface area contributed by atoms with Gasteiger partial charge in [0.15, 0.2) is 5.60 Å².